The Labute approximate surface area is 143 Å². The number of hydrogen-bond donors (Lipinski definition) is 3. The molecule has 0 radical (unpaired) electrons. The summed E-state index contributed by atoms with van der Waals surface area (Å²) in [7, 11) is 0. The molecule has 1 rings (SSSR count). The number of benzene rings is 1. The Bertz CT molecular complexity index is 528. The first-order chi connectivity index (χ1) is 9.72. The number of hydrogen-bond acceptors (Lipinski definition) is 2. The molecule has 0 fully saturated rings. The lowest BCUT2D eigenvalue weighted by molar-refractivity contribution is -0.117. The average molecular weight is 367 g/mol. The van der Waals surface area contributed by atoms with E-state index in [1.807, 2.05) is 31.2 Å². The number of nitrogens with one attached hydrogen (secondary N) is 3. The standard InChI is InChI=1S/C13H14Cl3N3OS/c1-3-10(20)18-11(13(14,15)16)19-12(21)17-9-6-4-8(2)5-7-9/h3-7,11H,1H2,2H3,(H,18,20)(H2,17,19,21). The Morgan fingerprint density at radius 1 is 1.29 bits per heavy atom. The minimum absolute atomic E-state index is 0.208. The Morgan fingerprint density at radius 2 is 1.86 bits per heavy atom. The fraction of sp³-hybridized carbons (Fsp3) is 0.231. The van der Waals surface area contributed by atoms with Crippen LogP contribution in [0.25, 0.3) is 0 Å². The molecule has 0 aliphatic rings. The van der Waals surface area contributed by atoms with Crippen LogP contribution in [0.1, 0.15) is 5.56 Å². The van der Waals surface area contributed by atoms with Gasteiger partial charge in [-0.25, -0.2) is 0 Å². The van der Waals surface area contributed by atoms with Gasteiger partial charge in [-0.05, 0) is 37.4 Å². The third-order valence-electron chi connectivity index (χ3n) is 2.38. The van der Waals surface area contributed by atoms with Crippen LogP contribution < -0.4 is 16.0 Å². The lowest BCUT2D eigenvalue weighted by atomic mass is 10.2. The smallest absolute Gasteiger partial charge is 0.245 e. The van der Waals surface area contributed by atoms with E-state index in [9.17, 15) is 4.79 Å². The zero-order valence-electron chi connectivity index (χ0n) is 11.1. The summed E-state index contributed by atoms with van der Waals surface area (Å²) in [6.07, 6.45) is 0.0695. The van der Waals surface area contributed by atoms with Crippen LogP contribution in [0.4, 0.5) is 5.69 Å². The summed E-state index contributed by atoms with van der Waals surface area (Å²) in [5, 5.41) is 8.31. The van der Waals surface area contributed by atoms with Crippen LogP contribution in [-0.2, 0) is 4.79 Å². The molecular formula is C13H14Cl3N3OS. The third kappa shape index (κ3) is 6.52. The molecule has 4 nitrogen and oxygen atoms in total. The van der Waals surface area contributed by atoms with Crippen LogP contribution >= 0.6 is 47.0 Å². The van der Waals surface area contributed by atoms with Crippen molar-refractivity contribution in [1.29, 1.82) is 0 Å². The van der Waals surface area contributed by atoms with Crippen LogP contribution in [0.2, 0.25) is 0 Å². The molecule has 21 heavy (non-hydrogen) atoms. The number of anilines is 1. The molecule has 0 aliphatic heterocycles. The fourth-order valence-corrected chi connectivity index (χ4v) is 1.90. The van der Waals surface area contributed by atoms with E-state index in [1.54, 1.807) is 0 Å². The van der Waals surface area contributed by atoms with E-state index in [4.69, 9.17) is 47.0 Å². The van der Waals surface area contributed by atoms with Gasteiger partial charge >= 0.3 is 0 Å². The van der Waals surface area contributed by atoms with Crippen molar-refractivity contribution in [3.63, 3.8) is 0 Å². The van der Waals surface area contributed by atoms with Crippen molar-refractivity contribution in [2.45, 2.75) is 16.9 Å². The number of alkyl halides is 3. The minimum atomic E-state index is -1.78. The van der Waals surface area contributed by atoms with Gasteiger partial charge in [0, 0.05) is 5.69 Å². The van der Waals surface area contributed by atoms with Gasteiger partial charge in [0.25, 0.3) is 0 Å². The monoisotopic (exact) mass is 365 g/mol. The number of carbonyl (C=O) groups is 1. The highest BCUT2D eigenvalue weighted by Gasteiger charge is 2.34. The van der Waals surface area contributed by atoms with Crippen molar-refractivity contribution in [2.75, 3.05) is 5.32 Å². The van der Waals surface area contributed by atoms with E-state index in [0.717, 1.165) is 17.3 Å². The van der Waals surface area contributed by atoms with Gasteiger partial charge in [-0.2, -0.15) is 0 Å². The molecular weight excluding hydrogens is 353 g/mol. The number of amides is 1. The first-order valence-corrected chi connectivity index (χ1v) is 7.40. The van der Waals surface area contributed by atoms with E-state index < -0.39 is 15.9 Å². The van der Waals surface area contributed by atoms with Crippen molar-refractivity contribution in [2.24, 2.45) is 0 Å². The second-order valence-corrected chi connectivity index (χ2v) is 6.93. The SMILES string of the molecule is C=CC(=O)NC(NC(=S)Nc1ccc(C)cc1)C(Cl)(Cl)Cl. The molecule has 0 aliphatic carbocycles. The largest absolute Gasteiger partial charge is 0.339 e. The van der Waals surface area contributed by atoms with Crippen LogP contribution in [0.3, 0.4) is 0 Å². The van der Waals surface area contributed by atoms with Gasteiger partial charge in [0.1, 0.15) is 6.17 Å². The number of halogens is 3. The predicted molar refractivity (Wildman–Crippen MR) is 93.0 cm³/mol. The highest BCUT2D eigenvalue weighted by Crippen LogP contribution is 2.29. The predicted octanol–water partition coefficient (Wildman–Crippen LogP) is 3.28. The highest BCUT2D eigenvalue weighted by atomic mass is 35.6. The summed E-state index contributed by atoms with van der Waals surface area (Å²) in [6, 6.07) is 7.57. The first kappa shape index (κ1) is 18.0. The van der Waals surface area contributed by atoms with E-state index in [2.05, 4.69) is 22.5 Å². The molecule has 114 valence electrons. The molecule has 0 heterocycles. The van der Waals surface area contributed by atoms with E-state index in [1.165, 1.54) is 0 Å². The molecule has 1 amide bonds. The van der Waals surface area contributed by atoms with Crippen molar-refractivity contribution < 1.29 is 4.79 Å². The van der Waals surface area contributed by atoms with Crippen LogP contribution in [-0.4, -0.2) is 21.0 Å². The Kier molecular flexibility index (Phi) is 6.74. The van der Waals surface area contributed by atoms with Crippen LogP contribution in [0.15, 0.2) is 36.9 Å². The lowest BCUT2D eigenvalue weighted by Gasteiger charge is -2.27. The summed E-state index contributed by atoms with van der Waals surface area (Å²) in [5.74, 6) is -0.489. The van der Waals surface area contributed by atoms with Gasteiger partial charge in [-0.3, -0.25) is 4.79 Å². The van der Waals surface area contributed by atoms with Gasteiger partial charge in [0.2, 0.25) is 9.70 Å². The summed E-state index contributed by atoms with van der Waals surface area (Å²) >= 11 is 22.5. The number of rotatable bonds is 4. The Hall–Kier alpha value is -1.01. The zero-order chi connectivity index (χ0) is 16.0. The highest BCUT2D eigenvalue weighted by molar-refractivity contribution is 7.80. The fourth-order valence-electron chi connectivity index (χ4n) is 1.34. The molecule has 1 atom stereocenters. The van der Waals surface area contributed by atoms with Gasteiger partial charge in [-0.15, -0.1) is 0 Å². The number of carbonyl (C=O) groups excluding carboxylic acids is 1. The van der Waals surface area contributed by atoms with Crippen LogP contribution in [0, 0.1) is 6.92 Å². The van der Waals surface area contributed by atoms with Crippen molar-refractivity contribution >= 4 is 63.7 Å². The molecule has 3 N–H and O–H groups in total. The van der Waals surface area contributed by atoms with Crippen molar-refractivity contribution in [1.82, 2.24) is 10.6 Å². The molecule has 0 spiro atoms. The zero-order valence-corrected chi connectivity index (χ0v) is 14.2. The summed E-state index contributed by atoms with van der Waals surface area (Å²) in [4.78, 5) is 11.3. The molecule has 0 bridgehead atoms. The van der Waals surface area contributed by atoms with E-state index >= 15 is 0 Å². The number of aryl methyl sites for hydroxylation is 1. The second-order valence-electron chi connectivity index (χ2n) is 4.15. The quantitative estimate of drug-likeness (QED) is 0.331. The first-order valence-electron chi connectivity index (χ1n) is 5.86. The van der Waals surface area contributed by atoms with Gasteiger partial charge < -0.3 is 16.0 Å². The van der Waals surface area contributed by atoms with Crippen molar-refractivity contribution in [3.8, 4) is 0 Å². The topological polar surface area (TPSA) is 53.2 Å². The average Bonchev–Trinajstić information content (AvgIpc) is 2.39. The maximum atomic E-state index is 11.3. The van der Waals surface area contributed by atoms with E-state index in [0.29, 0.717) is 0 Å². The maximum absolute atomic E-state index is 11.3. The van der Waals surface area contributed by atoms with Gasteiger partial charge in [0.05, 0.1) is 0 Å². The molecule has 0 saturated carbocycles. The molecule has 1 unspecified atom stereocenters. The summed E-state index contributed by atoms with van der Waals surface area (Å²) in [6.45, 7) is 5.31. The number of thiocarbonyl (C=S) groups is 1. The molecule has 1 aromatic rings. The minimum Gasteiger partial charge on any atom is -0.339 e. The van der Waals surface area contributed by atoms with Gasteiger partial charge in [-0.1, -0.05) is 59.1 Å². The van der Waals surface area contributed by atoms with E-state index in [-0.39, 0.29) is 5.11 Å². The Balaban J connectivity index is 2.69. The second kappa shape index (κ2) is 7.84. The summed E-state index contributed by atoms with van der Waals surface area (Å²) in [5.41, 5.74) is 1.90. The van der Waals surface area contributed by atoms with Crippen molar-refractivity contribution in [3.05, 3.63) is 42.5 Å². The molecule has 0 saturated heterocycles. The molecule has 1 aromatic carbocycles. The maximum Gasteiger partial charge on any atom is 0.245 e. The molecule has 0 aromatic heterocycles. The Morgan fingerprint density at radius 3 is 2.33 bits per heavy atom. The van der Waals surface area contributed by atoms with Gasteiger partial charge in [0.15, 0.2) is 5.11 Å². The molecule has 8 heteroatoms. The van der Waals surface area contributed by atoms with Crippen LogP contribution in [0.5, 0.6) is 0 Å². The normalized spacial score (nSPS) is 12.2. The summed E-state index contributed by atoms with van der Waals surface area (Å²) < 4.78 is -1.78. The lowest BCUT2D eigenvalue weighted by Crippen LogP contribution is -2.55. The third-order valence-corrected chi connectivity index (χ3v) is 3.26.